The van der Waals surface area contributed by atoms with E-state index in [-0.39, 0.29) is 11.7 Å². The van der Waals surface area contributed by atoms with Crippen LogP contribution in [0, 0.1) is 26.6 Å². The quantitative estimate of drug-likeness (QED) is 0.589. The molecule has 0 saturated carbocycles. The van der Waals surface area contributed by atoms with Crippen molar-refractivity contribution in [3.63, 3.8) is 0 Å². The zero-order valence-corrected chi connectivity index (χ0v) is 15.6. The molecule has 0 saturated heterocycles. The summed E-state index contributed by atoms with van der Waals surface area (Å²) >= 11 is 0. The van der Waals surface area contributed by atoms with Gasteiger partial charge in [-0.1, -0.05) is 12.1 Å². The van der Waals surface area contributed by atoms with E-state index in [4.69, 9.17) is 0 Å². The van der Waals surface area contributed by atoms with Crippen molar-refractivity contribution in [3.8, 4) is 0 Å². The second kappa shape index (κ2) is 6.84. The van der Waals surface area contributed by atoms with Crippen molar-refractivity contribution in [2.45, 2.75) is 27.3 Å². The molecule has 0 radical (unpaired) electrons. The first-order valence-corrected chi connectivity index (χ1v) is 8.69. The molecular formula is C19H18FN7O. The molecule has 3 aromatic heterocycles. The first kappa shape index (κ1) is 17.8. The smallest absolute Gasteiger partial charge is 0.274 e. The number of aryl methyl sites for hydroxylation is 2. The number of nitrogens with zero attached hydrogens (tertiary/aromatic N) is 6. The highest BCUT2D eigenvalue weighted by molar-refractivity contribution is 6.04. The van der Waals surface area contributed by atoms with Gasteiger partial charge in [-0.3, -0.25) is 9.48 Å². The van der Waals surface area contributed by atoms with Gasteiger partial charge in [0.15, 0.2) is 0 Å². The number of anilines is 1. The Hall–Kier alpha value is -3.62. The molecule has 0 atom stereocenters. The molecule has 4 rings (SSSR count). The predicted octanol–water partition coefficient (Wildman–Crippen LogP) is 2.69. The number of aromatic nitrogens is 6. The predicted molar refractivity (Wildman–Crippen MR) is 101 cm³/mol. The van der Waals surface area contributed by atoms with Crippen molar-refractivity contribution in [3.05, 3.63) is 70.8 Å². The van der Waals surface area contributed by atoms with E-state index in [1.807, 2.05) is 13.8 Å². The number of carbonyl (C=O) groups is 1. The third-order valence-electron chi connectivity index (χ3n) is 4.48. The van der Waals surface area contributed by atoms with Crippen molar-refractivity contribution in [2.75, 3.05) is 5.32 Å². The van der Waals surface area contributed by atoms with Crippen molar-refractivity contribution in [1.82, 2.24) is 29.4 Å². The van der Waals surface area contributed by atoms with Gasteiger partial charge in [0, 0.05) is 5.69 Å². The van der Waals surface area contributed by atoms with Gasteiger partial charge in [0.2, 0.25) is 0 Å². The largest absolute Gasteiger partial charge is 0.317 e. The van der Waals surface area contributed by atoms with E-state index >= 15 is 0 Å². The van der Waals surface area contributed by atoms with Crippen LogP contribution in [0.4, 0.5) is 10.1 Å². The number of carbonyl (C=O) groups excluding carboxylic acids is 1. The Kier molecular flexibility index (Phi) is 4.34. The molecule has 9 heteroatoms. The van der Waals surface area contributed by atoms with Crippen LogP contribution in [0.5, 0.6) is 0 Å². The Morgan fingerprint density at radius 1 is 1.18 bits per heavy atom. The summed E-state index contributed by atoms with van der Waals surface area (Å²) in [7, 11) is 0. The van der Waals surface area contributed by atoms with Crippen LogP contribution in [0.25, 0.3) is 5.78 Å². The Labute approximate surface area is 160 Å². The monoisotopic (exact) mass is 379 g/mol. The second-order valence-electron chi connectivity index (χ2n) is 6.54. The first-order valence-electron chi connectivity index (χ1n) is 8.69. The number of hydrogen-bond acceptors (Lipinski definition) is 5. The Balaban J connectivity index is 1.63. The zero-order valence-electron chi connectivity index (χ0n) is 15.6. The topological polar surface area (TPSA) is 90.0 Å². The van der Waals surface area contributed by atoms with Crippen LogP contribution in [0.1, 0.15) is 33.1 Å². The van der Waals surface area contributed by atoms with Crippen LogP contribution in [-0.4, -0.2) is 35.3 Å². The van der Waals surface area contributed by atoms with Gasteiger partial charge in [-0.2, -0.15) is 19.7 Å². The van der Waals surface area contributed by atoms with Gasteiger partial charge in [0.05, 0.1) is 23.6 Å². The summed E-state index contributed by atoms with van der Waals surface area (Å²) in [6.07, 6.45) is 1.36. The van der Waals surface area contributed by atoms with Crippen LogP contribution in [-0.2, 0) is 6.54 Å². The SMILES string of the molecule is Cc1cc(C(=O)Nc2c(C)nn(Cc3ccc(F)cc3)c2C)n2ncnc2n1. The maximum absolute atomic E-state index is 13.1. The molecule has 0 aliphatic rings. The lowest BCUT2D eigenvalue weighted by atomic mass is 10.2. The van der Waals surface area contributed by atoms with E-state index < -0.39 is 0 Å². The number of halogens is 1. The third-order valence-corrected chi connectivity index (χ3v) is 4.48. The number of fused-ring (bicyclic) bond motifs is 1. The van der Waals surface area contributed by atoms with E-state index in [0.29, 0.717) is 35.1 Å². The molecule has 3 heterocycles. The van der Waals surface area contributed by atoms with Gasteiger partial charge in [0.25, 0.3) is 11.7 Å². The van der Waals surface area contributed by atoms with E-state index in [9.17, 15) is 9.18 Å². The molecular weight excluding hydrogens is 361 g/mol. The van der Waals surface area contributed by atoms with Crippen LogP contribution < -0.4 is 5.32 Å². The minimum absolute atomic E-state index is 0.280. The highest BCUT2D eigenvalue weighted by Gasteiger charge is 2.18. The fourth-order valence-corrected chi connectivity index (χ4v) is 3.06. The summed E-state index contributed by atoms with van der Waals surface area (Å²) in [5.41, 5.74) is 4.05. The van der Waals surface area contributed by atoms with Crippen LogP contribution in [0.2, 0.25) is 0 Å². The lowest BCUT2D eigenvalue weighted by Crippen LogP contribution is -2.18. The third kappa shape index (κ3) is 3.22. The van der Waals surface area contributed by atoms with Crippen molar-refractivity contribution in [1.29, 1.82) is 0 Å². The maximum atomic E-state index is 13.1. The van der Waals surface area contributed by atoms with E-state index in [0.717, 1.165) is 11.3 Å². The van der Waals surface area contributed by atoms with Gasteiger partial charge in [-0.15, -0.1) is 0 Å². The molecule has 1 amide bonds. The summed E-state index contributed by atoms with van der Waals surface area (Å²) in [4.78, 5) is 21.2. The van der Waals surface area contributed by atoms with E-state index in [1.54, 1.807) is 29.8 Å². The second-order valence-corrected chi connectivity index (χ2v) is 6.54. The average Bonchev–Trinajstić information content (AvgIpc) is 3.23. The summed E-state index contributed by atoms with van der Waals surface area (Å²) in [6, 6.07) is 7.92. The Bertz CT molecular complexity index is 1180. The molecule has 1 N–H and O–H groups in total. The summed E-state index contributed by atoms with van der Waals surface area (Å²) in [6.45, 7) is 5.97. The molecule has 0 aliphatic carbocycles. The van der Waals surface area contributed by atoms with Gasteiger partial charge in [-0.25, -0.2) is 9.37 Å². The normalized spacial score (nSPS) is 11.1. The van der Waals surface area contributed by atoms with Crippen molar-refractivity contribution < 1.29 is 9.18 Å². The number of nitrogens with one attached hydrogen (secondary N) is 1. The van der Waals surface area contributed by atoms with Gasteiger partial charge < -0.3 is 5.32 Å². The average molecular weight is 379 g/mol. The number of benzene rings is 1. The number of rotatable bonds is 4. The lowest BCUT2D eigenvalue weighted by molar-refractivity contribution is 0.101. The molecule has 0 spiro atoms. The molecule has 1 aromatic carbocycles. The van der Waals surface area contributed by atoms with Gasteiger partial charge >= 0.3 is 0 Å². The van der Waals surface area contributed by atoms with E-state index in [1.165, 1.54) is 23.0 Å². The summed E-state index contributed by atoms with van der Waals surface area (Å²) in [5, 5.41) is 11.5. The summed E-state index contributed by atoms with van der Waals surface area (Å²) in [5.74, 6) is -0.240. The van der Waals surface area contributed by atoms with Crippen LogP contribution in [0.3, 0.4) is 0 Å². The molecule has 28 heavy (non-hydrogen) atoms. The molecule has 8 nitrogen and oxygen atoms in total. The van der Waals surface area contributed by atoms with Gasteiger partial charge in [-0.05, 0) is 44.5 Å². The first-order chi connectivity index (χ1) is 13.4. The fraction of sp³-hybridized carbons (Fsp3) is 0.211. The van der Waals surface area contributed by atoms with Crippen LogP contribution in [0.15, 0.2) is 36.7 Å². The highest BCUT2D eigenvalue weighted by Crippen LogP contribution is 2.21. The minimum atomic E-state index is -0.325. The van der Waals surface area contributed by atoms with E-state index in [2.05, 4.69) is 25.5 Å². The maximum Gasteiger partial charge on any atom is 0.274 e. The Morgan fingerprint density at radius 3 is 2.68 bits per heavy atom. The zero-order chi connectivity index (χ0) is 19.8. The molecule has 0 fully saturated rings. The highest BCUT2D eigenvalue weighted by atomic mass is 19.1. The molecule has 0 unspecified atom stereocenters. The fourth-order valence-electron chi connectivity index (χ4n) is 3.06. The lowest BCUT2D eigenvalue weighted by Gasteiger charge is -2.08. The molecule has 142 valence electrons. The Morgan fingerprint density at radius 2 is 1.93 bits per heavy atom. The van der Waals surface area contributed by atoms with Crippen molar-refractivity contribution >= 4 is 17.4 Å². The molecule has 0 aliphatic heterocycles. The molecule has 0 bridgehead atoms. The van der Waals surface area contributed by atoms with Gasteiger partial charge in [0.1, 0.15) is 17.8 Å². The number of amides is 1. The number of hydrogen-bond donors (Lipinski definition) is 1. The summed E-state index contributed by atoms with van der Waals surface area (Å²) < 4.78 is 16.3. The van der Waals surface area contributed by atoms with Crippen LogP contribution >= 0.6 is 0 Å². The standard InChI is InChI=1S/C19H18FN7O/c1-11-8-16(27-19(23-11)21-10-22-27)18(28)24-17-12(2)25-26(13(17)3)9-14-4-6-15(20)7-5-14/h4-8,10H,9H2,1-3H3,(H,24,28). The minimum Gasteiger partial charge on any atom is -0.317 e. The van der Waals surface area contributed by atoms with Crippen molar-refractivity contribution in [2.24, 2.45) is 0 Å². The molecule has 4 aromatic rings.